The Labute approximate surface area is 194 Å². The van der Waals surface area contributed by atoms with Crippen molar-refractivity contribution >= 4 is 22.7 Å². The van der Waals surface area contributed by atoms with Gasteiger partial charge in [0.05, 0.1) is 25.4 Å². The third-order valence-corrected chi connectivity index (χ3v) is 5.26. The minimum Gasteiger partial charge on any atom is -0.497 e. The molecule has 1 N–H and O–H groups in total. The molecule has 0 spiro atoms. The zero-order valence-corrected chi connectivity index (χ0v) is 18.8. The van der Waals surface area contributed by atoms with Gasteiger partial charge in [0.15, 0.2) is 0 Å². The highest BCUT2D eigenvalue weighted by atomic mass is 16.5. The second kappa shape index (κ2) is 10.9. The Kier molecular flexibility index (Phi) is 7.25. The summed E-state index contributed by atoms with van der Waals surface area (Å²) in [6.45, 7) is 0.745. The summed E-state index contributed by atoms with van der Waals surface area (Å²) in [7, 11) is 3.33. The van der Waals surface area contributed by atoms with Crippen molar-refractivity contribution in [1.82, 2.24) is 4.98 Å². The predicted octanol–water partition coefficient (Wildman–Crippen LogP) is 6.19. The maximum Gasteiger partial charge on any atom is 0.118 e. The van der Waals surface area contributed by atoms with E-state index in [1.807, 2.05) is 66.9 Å². The molecule has 0 saturated heterocycles. The largest absolute Gasteiger partial charge is 0.497 e. The summed E-state index contributed by atoms with van der Waals surface area (Å²) in [6, 6.07) is 26.0. The molecule has 4 nitrogen and oxygen atoms in total. The third-order valence-electron chi connectivity index (χ3n) is 5.26. The van der Waals surface area contributed by atoms with Crippen LogP contribution >= 0.6 is 0 Å². The molecule has 1 aromatic heterocycles. The van der Waals surface area contributed by atoms with E-state index >= 15 is 0 Å². The number of fused-ring (bicyclic) bond motifs is 1. The maximum atomic E-state index is 5.27. The van der Waals surface area contributed by atoms with Gasteiger partial charge in [-0.3, -0.25) is 4.98 Å². The lowest BCUT2D eigenvalue weighted by molar-refractivity contribution is 0.414. The first kappa shape index (κ1) is 22.0. The average Bonchev–Trinajstić information content (AvgIpc) is 2.88. The zero-order chi connectivity index (χ0) is 22.9. The number of ether oxygens (including phenoxy) is 2. The summed E-state index contributed by atoms with van der Waals surface area (Å²) in [5, 5.41) is 4.65. The molecule has 0 amide bonds. The molecular weight excluding hydrogens is 408 g/mol. The van der Waals surface area contributed by atoms with E-state index in [9.17, 15) is 0 Å². The van der Waals surface area contributed by atoms with Crippen LogP contribution in [0.15, 0.2) is 90.6 Å². The molecule has 0 saturated carbocycles. The molecule has 1 heterocycles. The van der Waals surface area contributed by atoms with Crippen LogP contribution in [0.2, 0.25) is 0 Å². The topological polar surface area (TPSA) is 43.4 Å². The van der Waals surface area contributed by atoms with Crippen LogP contribution in [0.5, 0.6) is 11.5 Å². The lowest BCUT2D eigenvalue weighted by atomic mass is 10.1. The standard InChI is InChI=1S/C29H26N2O2/c1-32-26-14-10-22(11-15-26)8-9-24(21-23-12-16-27(33-2)17-13-23)18-20-30-28-7-3-5-25-6-4-19-31-29(25)28/h3-7,10-17,19,21,30H,18,20H2,1-2H3/b24-21-. The molecule has 4 heteroatoms. The van der Waals surface area contributed by atoms with Gasteiger partial charge in [0.25, 0.3) is 0 Å². The minimum absolute atomic E-state index is 0.745. The summed E-state index contributed by atoms with van der Waals surface area (Å²) in [4.78, 5) is 4.53. The maximum absolute atomic E-state index is 5.27. The number of benzene rings is 3. The second-order valence-electron chi connectivity index (χ2n) is 7.48. The van der Waals surface area contributed by atoms with Crippen LogP contribution in [0.3, 0.4) is 0 Å². The van der Waals surface area contributed by atoms with Crippen LogP contribution in [-0.2, 0) is 0 Å². The molecule has 0 aliphatic heterocycles. The number of rotatable bonds is 7. The van der Waals surface area contributed by atoms with Gasteiger partial charge in [-0.25, -0.2) is 0 Å². The highest BCUT2D eigenvalue weighted by molar-refractivity contribution is 5.90. The van der Waals surface area contributed by atoms with Gasteiger partial charge < -0.3 is 14.8 Å². The second-order valence-corrected chi connectivity index (χ2v) is 7.48. The number of nitrogens with one attached hydrogen (secondary N) is 1. The molecular formula is C29H26N2O2. The zero-order valence-electron chi connectivity index (χ0n) is 18.8. The molecule has 0 bridgehead atoms. The molecule has 3 aromatic carbocycles. The van der Waals surface area contributed by atoms with Crippen molar-refractivity contribution in [2.75, 3.05) is 26.1 Å². The highest BCUT2D eigenvalue weighted by Gasteiger charge is 2.02. The van der Waals surface area contributed by atoms with Gasteiger partial charge in [0.1, 0.15) is 11.5 Å². The van der Waals surface area contributed by atoms with Crippen molar-refractivity contribution in [2.24, 2.45) is 0 Å². The first-order valence-electron chi connectivity index (χ1n) is 10.8. The third kappa shape index (κ3) is 5.93. The van der Waals surface area contributed by atoms with E-state index in [1.165, 1.54) is 0 Å². The number of nitrogens with zero attached hydrogens (tertiary/aromatic N) is 1. The molecule has 0 aliphatic carbocycles. The van der Waals surface area contributed by atoms with Crippen LogP contribution in [-0.4, -0.2) is 25.7 Å². The van der Waals surface area contributed by atoms with Gasteiger partial charge in [0.2, 0.25) is 0 Å². The fourth-order valence-electron chi connectivity index (χ4n) is 3.48. The van der Waals surface area contributed by atoms with Gasteiger partial charge in [-0.2, -0.15) is 0 Å². The van der Waals surface area contributed by atoms with Gasteiger partial charge in [-0.05, 0) is 66.6 Å². The van der Waals surface area contributed by atoms with Gasteiger partial charge in [-0.15, -0.1) is 0 Å². The molecule has 164 valence electrons. The van der Waals surface area contributed by atoms with Crippen LogP contribution < -0.4 is 14.8 Å². The lowest BCUT2D eigenvalue weighted by Gasteiger charge is -2.09. The molecule has 0 fully saturated rings. The fourth-order valence-corrected chi connectivity index (χ4v) is 3.48. The smallest absolute Gasteiger partial charge is 0.118 e. The quantitative estimate of drug-likeness (QED) is 0.352. The van der Waals surface area contributed by atoms with E-state index in [0.717, 1.165) is 57.8 Å². The van der Waals surface area contributed by atoms with Crippen molar-refractivity contribution in [2.45, 2.75) is 6.42 Å². The number of pyridine rings is 1. The molecule has 0 aliphatic rings. The summed E-state index contributed by atoms with van der Waals surface area (Å²) < 4.78 is 10.5. The molecule has 0 unspecified atom stereocenters. The molecule has 4 aromatic rings. The first-order valence-corrected chi connectivity index (χ1v) is 10.8. The highest BCUT2D eigenvalue weighted by Crippen LogP contribution is 2.21. The Morgan fingerprint density at radius 1 is 0.879 bits per heavy atom. The fraction of sp³-hybridized carbons (Fsp3) is 0.138. The average molecular weight is 435 g/mol. The summed E-state index contributed by atoms with van der Waals surface area (Å²) in [5.74, 6) is 8.29. The van der Waals surface area contributed by atoms with E-state index in [1.54, 1.807) is 14.2 Å². The number of methoxy groups -OCH3 is 2. The summed E-state index contributed by atoms with van der Waals surface area (Å²) in [5.41, 5.74) is 5.07. The van der Waals surface area contributed by atoms with Crippen molar-refractivity contribution in [3.63, 3.8) is 0 Å². The van der Waals surface area contributed by atoms with Gasteiger partial charge in [-0.1, -0.05) is 42.2 Å². The summed E-state index contributed by atoms with van der Waals surface area (Å²) >= 11 is 0. The number of aromatic nitrogens is 1. The molecule has 4 rings (SSSR count). The van der Waals surface area contributed by atoms with Gasteiger partial charge in [0, 0.05) is 29.3 Å². The predicted molar refractivity (Wildman–Crippen MR) is 136 cm³/mol. The minimum atomic E-state index is 0.745. The number of para-hydroxylation sites is 1. The number of hydrogen-bond donors (Lipinski definition) is 1. The number of hydrogen-bond acceptors (Lipinski definition) is 4. The van der Waals surface area contributed by atoms with E-state index < -0.39 is 0 Å². The Morgan fingerprint density at radius 3 is 2.30 bits per heavy atom. The van der Waals surface area contributed by atoms with Crippen LogP contribution in [0, 0.1) is 11.8 Å². The van der Waals surface area contributed by atoms with E-state index in [-0.39, 0.29) is 0 Å². The van der Waals surface area contributed by atoms with Gasteiger partial charge >= 0.3 is 0 Å². The Hall–Kier alpha value is -4.23. The SMILES string of the molecule is COc1ccc(C#C/C(=C/c2ccc(OC)cc2)CCNc2cccc3cccnc23)cc1. The Bertz CT molecular complexity index is 1290. The van der Waals surface area contributed by atoms with E-state index in [2.05, 4.69) is 46.4 Å². The molecule has 33 heavy (non-hydrogen) atoms. The van der Waals surface area contributed by atoms with Crippen molar-refractivity contribution in [3.05, 3.63) is 102 Å². The molecule has 0 atom stereocenters. The Morgan fingerprint density at radius 2 is 1.58 bits per heavy atom. The normalized spacial score (nSPS) is 10.9. The van der Waals surface area contributed by atoms with Crippen molar-refractivity contribution in [1.29, 1.82) is 0 Å². The lowest BCUT2D eigenvalue weighted by Crippen LogP contribution is -2.03. The van der Waals surface area contributed by atoms with Crippen LogP contribution in [0.1, 0.15) is 17.5 Å². The Balaban J connectivity index is 1.54. The van der Waals surface area contributed by atoms with E-state index in [4.69, 9.17) is 9.47 Å². The van der Waals surface area contributed by atoms with Crippen LogP contribution in [0.25, 0.3) is 17.0 Å². The van der Waals surface area contributed by atoms with Crippen LogP contribution in [0.4, 0.5) is 5.69 Å². The van der Waals surface area contributed by atoms with E-state index in [0.29, 0.717) is 0 Å². The summed E-state index contributed by atoms with van der Waals surface area (Å²) in [6.07, 6.45) is 4.72. The monoisotopic (exact) mass is 434 g/mol. The molecule has 0 radical (unpaired) electrons. The first-order chi connectivity index (χ1) is 16.2. The van der Waals surface area contributed by atoms with Crippen molar-refractivity contribution < 1.29 is 9.47 Å². The number of anilines is 1. The van der Waals surface area contributed by atoms with Crippen molar-refractivity contribution in [3.8, 4) is 23.3 Å².